The third-order valence-corrected chi connectivity index (χ3v) is 4.96. The van der Waals surface area contributed by atoms with Crippen molar-refractivity contribution in [3.05, 3.63) is 64.6 Å². The average Bonchev–Trinajstić information content (AvgIpc) is 2.82. The van der Waals surface area contributed by atoms with E-state index in [0.29, 0.717) is 13.2 Å². The van der Waals surface area contributed by atoms with E-state index < -0.39 is 0 Å². The van der Waals surface area contributed by atoms with Gasteiger partial charge in [-0.25, -0.2) is 4.98 Å². The van der Waals surface area contributed by atoms with Crippen molar-refractivity contribution in [2.45, 2.75) is 6.54 Å². The number of aromatic nitrogens is 1. The van der Waals surface area contributed by atoms with Crippen molar-refractivity contribution in [3.63, 3.8) is 0 Å². The second-order valence-electron chi connectivity index (χ2n) is 6.05. The van der Waals surface area contributed by atoms with Crippen LogP contribution < -0.4 is 9.47 Å². The summed E-state index contributed by atoms with van der Waals surface area (Å²) in [5.41, 5.74) is 2.11. The first-order chi connectivity index (χ1) is 12.3. The number of hydrogen-bond acceptors (Lipinski definition) is 4. The monoisotopic (exact) mass is 398 g/mol. The Morgan fingerprint density at radius 2 is 1.96 bits per heavy atom. The zero-order chi connectivity index (χ0) is 17.1. The van der Waals surface area contributed by atoms with Gasteiger partial charge >= 0.3 is 0 Å². The third-order valence-electron chi connectivity index (χ3n) is 4.31. The Labute approximate surface area is 155 Å². The molecule has 4 rings (SSSR count). The fourth-order valence-electron chi connectivity index (χ4n) is 3.01. The maximum absolute atomic E-state index is 5.89. The summed E-state index contributed by atoms with van der Waals surface area (Å²) in [5, 5.41) is 1.15. The van der Waals surface area contributed by atoms with Crippen LogP contribution in [0.15, 0.2) is 59.1 Å². The van der Waals surface area contributed by atoms with Crippen LogP contribution in [0.4, 0.5) is 0 Å². The average molecular weight is 399 g/mol. The third kappa shape index (κ3) is 3.78. The molecule has 3 aromatic rings. The van der Waals surface area contributed by atoms with E-state index in [2.05, 4.69) is 37.9 Å². The molecule has 5 heteroatoms. The summed E-state index contributed by atoms with van der Waals surface area (Å²) in [6, 6.07) is 18.3. The molecule has 0 saturated heterocycles. The van der Waals surface area contributed by atoms with Gasteiger partial charge in [0.25, 0.3) is 0 Å². The van der Waals surface area contributed by atoms with Crippen LogP contribution in [0.3, 0.4) is 0 Å². The zero-order valence-electron chi connectivity index (χ0n) is 13.8. The predicted molar refractivity (Wildman–Crippen MR) is 102 cm³/mol. The van der Waals surface area contributed by atoms with Crippen molar-refractivity contribution in [2.75, 3.05) is 26.3 Å². The van der Waals surface area contributed by atoms with E-state index in [4.69, 9.17) is 9.47 Å². The highest BCUT2D eigenvalue weighted by Gasteiger charge is 2.17. The second kappa shape index (κ2) is 7.42. The summed E-state index contributed by atoms with van der Waals surface area (Å²) in [6.45, 7) is 3.82. The zero-order valence-corrected chi connectivity index (χ0v) is 15.4. The van der Waals surface area contributed by atoms with Gasteiger partial charge in [0.05, 0.1) is 9.99 Å². The SMILES string of the molecule is Brc1ccccc1OCCN1CCOc2nc3ccccc3cc2C1. The normalized spacial score (nSPS) is 14.6. The lowest BCUT2D eigenvalue weighted by Crippen LogP contribution is -2.30. The maximum atomic E-state index is 5.89. The Morgan fingerprint density at radius 1 is 1.12 bits per heavy atom. The van der Waals surface area contributed by atoms with Gasteiger partial charge in [0.1, 0.15) is 19.0 Å². The first-order valence-corrected chi connectivity index (χ1v) is 9.20. The minimum absolute atomic E-state index is 0.638. The molecule has 25 heavy (non-hydrogen) atoms. The van der Waals surface area contributed by atoms with E-state index in [9.17, 15) is 0 Å². The van der Waals surface area contributed by atoms with E-state index in [-0.39, 0.29) is 0 Å². The van der Waals surface area contributed by atoms with E-state index in [0.717, 1.165) is 52.2 Å². The van der Waals surface area contributed by atoms with Crippen LogP contribution in [0.25, 0.3) is 10.9 Å². The first kappa shape index (κ1) is 16.4. The number of fused-ring (bicyclic) bond motifs is 2. The molecule has 0 bridgehead atoms. The quantitative estimate of drug-likeness (QED) is 0.656. The molecule has 0 fully saturated rings. The summed E-state index contributed by atoms with van der Waals surface area (Å²) >= 11 is 3.51. The topological polar surface area (TPSA) is 34.6 Å². The highest BCUT2D eigenvalue weighted by Crippen LogP contribution is 2.26. The van der Waals surface area contributed by atoms with Crippen LogP contribution in [0.1, 0.15) is 5.56 Å². The van der Waals surface area contributed by atoms with Gasteiger partial charge in [-0.15, -0.1) is 0 Å². The van der Waals surface area contributed by atoms with Crippen molar-refractivity contribution in [3.8, 4) is 11.6 Å². The van der Waals surface area contributed by atoms with Crippen molar-refractivity contribution in [1.29, 1.82) is 0 Å². The van der Waals surface area contributed by atoms with Crippen LogP contribution in [0.5, 0.6) is 11.6 Å². The minimum atomic E-state index is 0.638. The number of ether oxygens (including phenoxy) is 2. The molecule has 0 unspecified atom stereocenters. The summed E-state index contributed by atoms with van der Waals surface area (Å²) < 4.78 is 12.7. The smallest absolute Gasteiger partial charge is 0.218 e. The largest absolute Gasteiger partial charge is 0.491 e. The van der Waals surface area contributed by atoms with Crippen LogP contribution in [-0.2, 0) is 6.54 Å². The molecule has 128 valence electrons. The standard InChI is InChI=1S/C20H19BrN2O2/c21-17-6-2-4-8-19(17)24-11-9-23-10-12-25-20-16(14-23)13-15-5-1-3-7-18(15)22-20/h1-8,13H,9-12,14H2. The summed E-state index contributed by atoms with van der Waals surface area (Å²) in [5.74, 6) is 1.63. The van der Waals surface area contributed by atoms with Gasteiger partial charge in [-0.1, -0.05) is 30.3 Å². The van der Waals surface area contributed by atoms with Gasteiger partial charge in [-0.3, -0.25) is 4.90 Å². The molecule has 0 amide bonds. The van der Waals surface area contributed by atoms with Crippen molar-refractivity contribution < 1.29 is 9.47 Å². The number of hydrogen-bond donors (Lipinski definition) is 0. The number of halogens is 1. The number of rotatable bonds is 4. The van der Waals surface area contributed by atoms with Gasteiger partial charge in [0, 0.05) is 30.6 Å². The molecule has 1 aliphatic heterocycles. The fourth-order valence-corrected chi connectivity index (χ4v) is 3.41. The highest BCUT2D eigenvalue weighted by molar-refractivity contribution is 9.10. The molecule has 2 aromatic carbocycles. The van der Waals surface area contributed by atoms with Crippen molar-refractivity contribution in [2.24, 2.45) is 0 Å². The van der Waals surface area contributed by atoms with Gasteiger partial charge in [0.15, 0.2) is 0 Å². The van der Waals surface area contributed by atoms with E-state index in [1.165, 1.54) is 0 Å². The molecule has 0 aliphatic carbocycles. The Morgan fingerprint density at radius 3 is 2.88 bits per heavy atom. The molecule has 0 spiro atoms. The molecule has 0 saturated carbocycles. The van der Waals surface area contributed by atoms with Gasteiger partial charge in [-0.05, 0) is 40.2 Å². The molecule has 0 atom stereocenters. The number of pyridine rings is 1. The van der Waals surface area contributed by atoms with Gasteiger partial charge in [0.2, 0.25) is 5.88 Å². The Bertz CT molecular complexity index is 884. The van der Waals surface area contributed by atoms with Crippen molar-refractivity contribution in [1.82, 2.24) is 9.88 Å². The first-order valence-electron chi connectivity index (χ1n) is 8.41. The van der Waals surface area contributed by atoms with Crippen LogP contribution in [-0.4, -0.2) is 36.2 Å². The minimum Gasteiger partial charge on any atom is -0.491 e. The predicted octanol–water partition coefficient (Wildman–Crippen LogP) is 4.27. The molecule has 2 heterocycles. The molecule has 4 nitrogen and oxygen atoms in total. The number of para-hydroxylation sites is 2. The lowest BCUT2D eigenvalue weighted by atomic mass is 10.1. The van der Waals surface area contributed by atoms with Crippen LogP contribution >= 0.6 is 15.9 Å². The summed E-state index contributed by atoms with van der Waals surface area (Å²) in [4.78, 5) is 7.01. The number of benzene rings is 2. The Balaban J connectivity index is 1.44. The summed E-state index contributed by atoms with van der Waals surface area (Å²) in [7, 11) is 0. The van der Waals surface area contributed by atoms with E-state index >= 15 is 0 Å². The Kier molecular flexibility index (Phi) is 4.85. The van der Waals surface area contributed by atoms with Crippen molar-refractivity contribution >= 4 is 26.8 Å². The molecule has 1 aromatic heterocycles. The lowest BCUT2D eigenvalue weighted by molar-refractivity contribution is 0.185. The molecule has 0 radical (unpaired) electrons. The maximum Gasteiger partial charge on any atom is 0.218 e. The van der Waals surface area contributed by atoms with E-state index in [1.54, 1.807) is 0 Å². The number of nitrogens with zero attached hydrogens (tertiary/aromatic N) is 2. The van der Waals surface area contributed by atoms with Crippen LogP contribution in [0, 0.1) is 0 Å². The molecule has 0 N–H and O–H groups in total. The highest BCUT2D eigenvalue weighted by atomic mass is 79.9. The van der Waals surface area contributed by atoms with Crippen LogP contribution in [0.2, 0.25) is 0 Å². The second-order valence-corrected chi connectivity index (χ2v) is 6.90. The molecule has 1 aliphatic rings. The molecular formula is C20H19BrN2O2. The molecular weight excluding hydrogens is 380 g/mol. The van der Waals surface area contributed by atoms with Gasteiger partial charge in [-0.2, -0.15) is 0 Å². The Hall–Kier alpha value is -2.11. The van der Waals surface area contributed by atoms with Gasteiger partial charge < -0.3 is 9.47 Å². The summed E-state index contributed by atoms with van der Waals surface area (Å²) in [6.07, 6.45) is 0. The van der Waals surface area contributed by atoms with E-state index in [1.807, 2.05) is 42.5 Å². The lowest BCUT2D eigenvalue weighted by Gasteiger charge is -2.19. The fraction of sp³-hybridized carbons (Fsp3) is 0.250.